The van der Waals surface area contributed by atoms with E-state index in [-0.39, 0.29) is 0 Å². The lowest BCUT2D eigenvalue weighted by Crippen LogP contribution is -2.10. The van der Waals surface area contributed by atoms with Crippen molar-refractivity contribution in [2.75, 3.05) is 9.80 Å². The van der Waals surface area contributed by atoms with Crippen LogP contribution in [-0.2, 0) is 0 Å². The summed E-state index contributed by atoms with van der Waals surface area (Å²) in [7, 11) is 0. The molecule has 1 aliphatic carbocycles. The zero-order chi connectivity index (χ0) is 41.5. The molecule has 0 bridgehead atoms. The number of benzene rings is 9. The molecule has 296 valence electrons. The summed E-state index contributed by atoms with van der Waals surface area (Å²) >= 11 is 0. The van der Waals surface area contributed by atoms with Gasteiger partial charge in [-0.05, 0) is 129 Å². The fraction of sp³-hybridized carbons (Fsp3) is 0.0333. The van der Waals surface area contributed by atoms with Crippen LogP contribution in [0.25, 0.3) is 44.5 Å². The van der Waals surface area contributed by atoms with Crippen molar-refractivity contribution >= 4 is 34.1 Å². The van der Waals surface area contributed by atoms with E-state index in [1.165, 1.54) is 50.1 Å². The zero-order valence-corrected chi connectivity index (χ0v) is 34.5. The SMILES string of the molecule is C1=CCC(c2ccc(N(c3ccc(-c4ccccc4)cc3)c3ccc(-c4ccc(N(c5ccccc5)c5ccc(-c6ccc(-c7ccccc7)cc6)cc5)cc4)cc3)cc2)C=C1. The fourth-order valence-electron chi connectivity index (χ4n) is 8.50. The molecular formula is C60H46N2. The van der Waals surface area contributed by atoms with E-state index in [9.17, 15) is 0 Å². The van der Waals surface area contributed by atoms with Crippen LogP contribution in [0.15, 0.2) is 261 Å². The van der Waals surface area contributed by atoms with E-state index in [0.29, 0.717) is 5.92 Å². The normalized spacial score (nSPS) is 13.1. The van der Waals surface area contributed by atoms with Gasteiger partial charge in [0.25, 0.3) is 0 Å². The van der Waals surface area contributed by atoms with Crippen LogP contribution >= 0.6 is 0 Å². The smallest absolute Gasteiger partial charge is 0.0462 e. The quantitative estimate of drug-likeness (QED) is 0.129. The fourth-order valence-corrected chi connectivity index (χ4v) is 8.50. The third-order valence-electron chi connectivity index (χ3n) is 11.8. The summed E-state index contributed by atoms with van der Waals surface area (Å²) in [6, 6.07) is 85.3. The van der Waals surface area contributed by atoms with Gasteiger partial charge in [-0.25, -0.2) is 0 Å². The summed E-state index contributed by atoms with van der Waals surface area (Å²) in [6.45, 7) is 0. The van der Waals surface area contributed by atoms with Crippen LogP contribution in [0, 0.1) is 0 Å². The van der Waals surface area contributed by atoms with Crippen LogP contribution in [0.1, 0.15) is 17.9 Å². The van der Waals surface area contributed by atoms with Crippen molar-refractivity contribution in [1.82, 2.24) is 0 Å². The molecule has 0 N–H and O–H groups in total. The molecule has 0 radical (unpaired) electrons. The number of hydrogen-bond acceptors (Lipinski definition) is 2. The van der Waals surface area contributed by atoms with Crippen molar-refractivity contribution < 1.29 is 0 Å². The molecule has 0 spiro atoms. The van der Waals surface area contributed by atoms with Crippen molar-refractivity contribution in [2.24, 2.45) is 0 Å². The number of hydrogen-bond donors (Lipinski definition) is 0. The molecule has 62 heavy (non-hydrogen) atoms. The first-order valence-electron chi connectivity index (χ1n) is 21.4. The maximum atomic E-state index is 2.35. The molecule has 1 aliphatic rings. The van der Waals surface area contributed by atoms with Gasteiger partial charge in [0.05, 0.1) is 0 Å². The standard InChI is InChI=1S/C60H46N2/c1-5-13-45(14-6-1)48-21-23-49(24-22-48)52-29-39-56(40-30-52)61(55-19-11-4-12-20-55)57-41-31-53(32-42-57)54-33-43-60(44-34-54)62(58-35-25-50(26-36-58)46-15-7-2-8-16-46)59-37-27-51(28-38-59)47-17-9-3-10-18-47/h1-17,19-44,47H,18H2. The highest BCUT2D eigenvalue weighted by atomic mass is 15.1. The first-order chi connectivity index (χ1) is 30.7. The summed E-state index contributed by atoms with van der Waals surface area (Å²) in [6.07, 6.45) is 9.87. The average Bonchev–Trinajstić information content (AvgIpc) is 3.36. The van der Waals surface area contributed by atoms with E-state index in [1.807, 2.05) is 0 Å². The molecule has 0 aliphatic heterocycles. The molecule has 0 amide bonds. The molecule has 0 saturated heterocycles. The minimum atomic E-state index is 0.410. The predicted molar refractivity (Wildman–Crippen MR) is 263 cm³/mol. The van der Waals surface area contributed by atoms with E-state index in [1.54, 1.807) is 0 Å². The third-order valence-corrected chi connectivity index (χ3v) is 11.8. The summed E-state index contributed by atoms with van der Waals surface area (Å²) in [4.78, 5) is 4.67. The van der Waals surface area contributed by atoms with Gasteiger partial charge < -0.3 is 9.80 Å². The Balaban J connectivity index is 0.917. The highest BCUT2D eigenvalue weighted by molar-refractivity contribution is 5.82. The molecule has 2 nitrogen and oxygen atoms in total. The molecule has 9 aromatic rings. The topological polar surface area (TPSA) is 6.48 Å². The highest BCUT2D eigenvalue weighted by Crippen LogP contribution is 2.40. The lowest BCUT2D eigenvalue weighted by molar-refractivity contribution is 0.854. The molecule has 1 atom stereocenters. The van der Waals surface area contributed by atoms with Gasteiger partial charge in [0.2, 0.25) is 0 Å². The largest absolute Gasteiger partial charge is 0.311 e. The van der Waals surface area contributed by atoms with Crippen LogP contribution < -0.4 is 9.80 Å². The van der Waals surface area contributed by atoms with Gasteiger partial charge in [0.1, 0.15) is 0 Å². The van der Waals surface area contributed by atoms with Gasteiger partial charge in [-0.2, -0.15) is 0 Å². The van der Waals surface area contributed by atoms with E-state index in [2.05, 4.69) is 271 Å². The average molecular weight is 795 g/mol. The summed E-state index contributed by atoms with van der Waals surface area (Å²) < 4.78 is 0. The Morgan fingerprint density at radius 3 is 0.855 bits per heavy atom. The monoisotopic (exact) mass is 794 g/mol. The van der Waals surface area contributed by atoms with Crippen LogP contribution in [0.5, 0.6) is 0 Å². The van der Waals surface area contributed by atoms with Gasteiger partial charge in [-0.15, -0.1) is 0 Å². The second kappa shape index (κ2) is 17.7. The van der Waals surface area contributed by atoms with E-state index < -0.39 is 0 Å². The Bertz CT molecular complexity index is 2900. The summed E-state index contributed by atoms with van der Waals surface area (Å²) in [5.41, 5.74) is 17.6. The molecule has 10 rings (SSSR count). The summed E-state index contributed by atoms with van der Waals surface area (Å²) in [5.74, 6) is 0.410. The Labute approximate surface area is 365 Å². The molecule has 0 heterocycles. The number of rotatable bonds is 11. The molecule has 0 fully saturated rings. The number of anilines is 6. The third kappa shape index (κ3) is 8.28. The zero-order valence-electron chi connectivity index (χ0n) is 34.5. The van der Waals surface area contributed by atoms with E-state index in [4.69, 9.17) is 0 Å². The van der Waals surface area contributed by atoms with Crippen LogP contribution in [-0.4, -0.2) is 0 Å². The van der Waals surface area contributed by atoms with Crippen molar-refractivity contribution in [2.45, 2.75) is 12.3 Å². The molecule has 9 aromatic carbocycles. The number of para-hydroxylation sites is 1. The Kier molecular flexibility index (Phi) is 10.9. The summed E-state index contributed by atoms with van der Waals surface area (Å²) in [5, 5.41) is 0. The Morgan fingerprint density at radius 2 is 0.532 bits per heavy atom. The number of nitrogens with zero attached hydrogens (tertiary/aromatic N) is 2. The minimum absolute atomic E-state index is 0.410. The van der Waals surface area contributed by atoms with Crippen LogP contribution in [0.2, 0.25) is 0 Å². The van der Waals surface area contributed by atoms with Gasteiger partial charge in [-0.3, -0.25) is 0 Å². The van der Waals surface area contributed by atoms with Crippen molar-refractivity contribution in [1.29, 1.82) is 0 Å². The van der Waals surface area contributed by atoms with Gasteiger partial charge in [0, 0.05) is 40.0 Å². The minimum Gasteiger partial charge on any atom is -0.311 e. The van der Waals surface area contributed by atoms with Crippen molar-refractivity contribution in [3.63, 3.8) is 0 Å². The van der Waals surface area contributed by atoms with Crippen LogP contribution in [0.4, 0.5) is 34.1 Å². The van der Waals surface area contributed by atoms with Crippen molar-refractivity contribution in [3.05, 3.63) is 266 Å². The Hall–Kier alpha value is -7.94. The molecule has 2 heteroatoms. The predicted octanol–water partition coefficient (Wildman–Crippen LogP) is 16.9. The number of allylic oxidation sites excluding steroid dienone is 4. The van der Waals surface area contributed by atoms with Gasteiger partial charge >= 0.3 is 0 Å². The van der Waals surface area contributed by atoms with Crippen LogP contribution in [0.3, 0.4) is 0 Å². The first kappa shape index (κ1) is 38.3. The van der Waals surface area contributed by atoms with Gasteiger partial charge in [-0.1, -0.05) is 188 Å². The van der Waals surface area contributed by atoms with Gasteiger partial charge in [0.15, 0.2) is 0 Å². The van der Waals surface area contributed by atoms with E-state index >= 15 is 0 Å². The highest BCUT2D eigenvalue weighted by Gasteiger charge is 2.17. The maximum Gasteiger partial charge on any atom is 0.0462 e. The second-order valence-corrected chi connectivity index (χ2v) is 15.8. The first-order valence-corrected chi connectivity index (χ1v) is 21.4. The molecule has 0 saturated carbocycles. The molecule has 1 unspecified atom stereocenters. The second-order valence-electron chi connectivity index (χ2n) is 15.8. The Morgan fingerprint density at radius 1 is 0.258 bits per heavy atom. The molecule has 0 aromatic heterocycles. The van der Waals surface area contributed by atoms with Crippen molar-refractivity contribution in [3.8, 4) is 44.5 Å². The lowest BCUT2D eigenvalue weighted by atomic mass is 9.92. The van der Waals surface area contributed by atoms with E-state index in [0.717, 1.165) is 40.5 Å². The maximum absolute atomic E-state index is 2.35. The lowest BCUT2D eigenvalue weighted by Gasteiger charge is -2.27. The molecular weight excluding hydrogens is 749 g/mol.